The highest BCUT2D eigenvalue weighted by molar-refractivity contribution is 6.19. The molecule has 7 nitrogen and oxygen atoms in total. The maximum absolute atomic E-state index is 10.3. The zero-order valence-electron chi connectivity index (χ0n) is 8.54. The van der Waals surface area contributed by atoms with E-state index in [9.17, 15) is 10.1 Å². The van der Waals surface area contributed by atoms with Gasteiger partial charge in [0.15, 0.2) is 6.29 Å². The molecular formula is C10H8N3O4-. The summed E-state index contributed by atoms with van der Waals surface area (Å²) in [6, 6.07) is 8.85. The first-order valence-electron chi connectivity index (χ1n) is 4.47. The minimum Gasteiger partial charge on any atom is -0.857 e. The van der Waals surface area contributed by atoms with Gasteiger partial charge in [0, 0.05) is 17.4 Å². The molecule has 0 fully saturated rings. The van der Waals surface area contributed by atoms with E-state index in [0.29, 0.717) is 0 Å². The molecule has 0 aliphatic carbocycles. The topological polar surface area (TPSA) is 123 Å². The van der Waals surface area contributed by atoms with Crippen LogP contribution >= 0.6 is 0 Å². The SMILES string of the molecule is N=C([O-])C=O.O=[N+]([O-])c1cc2ccccc2[nH]1. The van der Waals surface area contributed by atoms with Crippen molar-refractivity contribution in [3.05, 3.63) is 40.4 Å². The van der Waals surface area contributed by atoms with Gasteiger partial charge in [-0.05, 0) is 11.0 Å². The molecule has 1 aromatic carbocycles. The number of hydrogen-bond acceptors (Lipinski definition) is 5. The van der Waals surface area contributed by atoms with E-state index in [-0.39, 0.29) is 12.1 Å². The van der Waals surface area contributed by atoms with E-state index >= 15 is 0 Å². The summed E-state index contributed by atoms with van der Waals surface area (Å²) in [5.41, 5.74) is 0.796. The normalized spacial score (nSPS) is 9.18. The molecule has 1 aromatic heterocycles. The van der Waals surface area contributed by atoms with Crippen molar-refractivity contribution in [3.8, 4) is 0 Å². The molecule has 17 heavy (non-hydrogen) atoms. The lowest BCUT2D eigenvalue weighted by Gasteiger charge is -1.87. The van der Waals surface area contributed by atoms with Crippen molar-refractivity contribution in [3.63, 3.8) is 0 Å². The fourth-order valence-electron chi connectivity index (χ4n) is 1.16. The molecule has 0 amide bonds. The largest absolute Gasteiger partial charge is 0.857 e. The summed E-state index contributed by atoms with van der Waals surface area (Å²) < 4.78 is 0. The number of nitrogens with zero attached hydrogens (tertiary/aromatic N) is 1. The van der Waals surface area contributed by atoms with Crippen molar-refractivity contribution < 1.29 is 14.8 Å². The minimum atomic E-state index is -1.18. The fraction of sp³-hybridized carbons (Fsp3) is 0. The standard InChI is InChI=1S/C8H6N2O2.C2H3NO2/c11-10(12)8-5-6-3-1-2-4-7(6)9-8;3-2(5)1-4/h1-5,9H;1H,(H2,3,5)/p-1. The molecule has 88 valence electrons. The summed E-state index contributed by atoms with van der Waals surface area (Å²) in [4.78, 5) is 21.6. The van der Waals surface area contributed by atoms with Gasteiger partial charge in [-0.1, -0.05) is 18.2 Å². The van der Waals surface area contributed by atoms with Gasteiger partial charge in [-0.15, -0.1) is 0 Å². The van der Waals surface area contributed by atoms with Gasteiger partial charge < -0.3 is 20.6 Å². The molecule has 0 atom stereocenters. The number of aldehydes is 1. The molecule has 0 saturated carbocycles. The Morgan fingerprint density at radius 2 is 2.00 bits per heavy atom. The van der Waals surface area contributed by atoms with Gasteiger partial charge in [0.05, 0.1) is 0 Å². The zero-order chi connectivity index (χ0) is 12.8. The maximum atomic E-state index is 10.3. The highest BCUT2D eigenvalue weighted by atomic mass is 16.6. The van der Waals surface area contributed by atoms with Crippen LogP contribution in [-0.2, 0) is 4.79 Å². The molecule has 2 N–H and O–H groups in total. The molecule has 1 heterocycles. The van der Waals surface area contributed by atoms with E-state index in [4.69, 9.17) is 15.3 Å². The predicted molar refractivity (Wildman–Crippen MR) is 58.7 cm³/mol. The summed E-state index contributed by atoms with van der Waals surface area (Å²) in [6.45, 7) is 0. The van der Waals surface area contributed by atoms with Crippen molar-refractivity contribution in [1.29, 1.82) is 5.41 Å². The highest BCUT2D eigenvalue weighted by Crippen LogP contribution is 2.19. The summed E-state index contributed by atoms with van der Waals surface area (Å²) in [6.07, 6.45) is -0.0556. The van der Waals surface area contributed by atoms with E-state index in [1.54, 1.807) is 0 Å². The van der Waals surface area contributed by atoms with Gasteiger partial charge in [-0.25, -0.2) is 4.98 Å². The van der Waals surface area contributed by atoms with Crippen molar-refractivity contribution in [2.75, 3.05) is 0 Å². The number of carbonyl (C=O) groups is 1. The van der Waals surface area contributed by atoms with Crippen molar-refractivity contribution >= 4 is 28.9 Å². The number of hydrogen-bond donors (Lipinski definition) is 2. The van der Waals surface area contributed by atoms with Crippen LogP contribution in [0.15, 0.2) is 30.3 Å². The van der Waals surface area contributed by atoms with Crippen molar-refractivity contribution in [2.45, 2.75) is 0 Å². The number of nitro groups is 1. The number of fused-ring (bicyclic) bond motifs is 1. The first-order valence-corrected chi connectivity index (χ1v) is 4.47. The molecule has 0 unspecified atom stereocenters. The molecule has 0 radical (unpaired) electrons. The van der Waals surface area contributed by atoms with E-state index < -0.39 is 10.8 Å². The Morgan fingerprint density at radius 3 is 2.47 bits per heavy atom. The van der Waals surface area contributed by atoms with Crippen LogP contribution in [0, 0.1) is 15.5 Å². The Bertz CT molecular complexity index is 528. The average Bonchev–Trinajstić information content (AvgIpc) is 2.73. The van der Waals surface area contributed by atoms with Gasteiger partial charge in [0.1, 0.15) is 5.52 Å². The van der Waals surface area contributed by atoms with E-state index in [2.05, 4.69) is 4.98 Å². The van der Waals surface area contributed by atoms with E-state index in [0.717, 1.165) is 10.9 Å². The number of benzene rings is 1. The van der Waals surface area contributed by atoms with Crippen LogP contribution in [0.25, 0.3) is 10.9 Å². The fourth-order valence-corrected chi connectivity index (χ4v) is 1.16. The van der Waals surface area contributed by atoms with Crippen LogP contribution < -0.4 is 5.11 Å². The molecule has 0 spiro atoms. The zero-order valence-corrected chi connectivity index (χ0v) is 8.54. The quantitative estimate of drug-likeness (QED) is 0.259. The number of para-hydroxylation sites is 1. The number of nitrogens with one attached hydrogen (secondary N) is 2. The molecular weight excluding hydrogens is 226 g/mol. The van der Waals surface area contributed by atoms with Crippen LogP contribution in [0.1, 0.15) is 0 Å². The summed E-state index contributed by atoms with van der Waals surface area (Å²) in [5, 5.41) is 26.1. The van der Waals surface area contributed by atoms with Gasteiger partial charge in [0.25, 0.3) is 0 Å². The van der Waals surface area contributed by atoms with Gasteiger partial charge >= 0.3 is 5.82 Å². The summed E-state index contributed by atoms with van der Waals surface area (Å²) >= 11 is 0. The first kappa shape index (κ1) is 12.4. The minimum absolute atomic E-state index is 0.0381. The molecule has 7 heteroatoms. The molecule has 2 rings (SSSR count). The number of aromatic nitrogens is 1. The smallest absolute Gasteiger partial charge is 0.321 e. The van der Waals surface area contributed by atoms with Crippen molar-refractivity contribution in [1.82, 2.24) is 4.98 Å². The lowest BCUT2D eigenvalue weighted by atomic mass is 10.2. The molecule has 0 saturated heterocycles. The number of aromatic amines is 1. The van der Waals surface area contributed by atoms with Crippen LogP contribution in [0.5, 0.6) is 0 Å². The molecule has 2 aromatic rings. The second kappa shape index (κ2) is 5.40. The Labute approximate surface area is 95.4 Å². The molecule has 0 aliphatic heterocycles. The van der Waals surface area contributed by atoms with E-state index in [1.807, 2.05) is 24.3 Å². The lowest BCUT2D eigenvalue weighted by Crippen LogP contribution is -2.15. The van der Waals surface area contributed by atoms with Crippen LogP contribution in [-0.4, -0.2) is 22.1 Å². The monoisotopic (exact) mass is 234 g/mol. The van der Waals surface area contributed by atoms with Gasteiger partial charge in [-0.2, -0.15) is 0 Å². The number of rotatable bonds is 2. The average molecular weight is 234 g/mol. The summed E-state index contributed by atoms with van der Waals surface area (Å²) in [5.74, 6) is -1.14. The lowest BCUT2D eigenvalue weighted by molar-refractivity contribution is -0.389. The highest BCUT2D eigenvalue weighted by Gasteiger charge is 2.07. The Morgan fingerprint density at radius 1 is 1.41 bits per heavy atom. The third-order valence-electron chi connectivity index (χ3n) is 1.82. The third kappa shape index (κ3) is 3.42. The van der Waals surface area contributed by atoms with Crippen LogP contribution in [0.4, 0.5) is 5.82 Å². The number of carbonyl (C=O) groups excluding carboxylic acids is 1. The van der Waals surface area contributed by atoms with E-state index in [1.165, 1.54) is 6.07 Å². The third-order valence-corrected chi connectivity index (χ3v) is 1.82. The van der Waals surface area contributed by atoms with Crippen molar-refractivity contribution in [2.24, 2.45) is 0 Å². The van der Waals surface area contributed by atoms with Crippen LogP contribution in [0.3, 0.4) is 0 Å². The molecule has 0 aliphatic rings. The maximum Gasteiger partial charge on any atom is 0.321 e. The van der Waals surface area contributed by atoms with Gasteiger partial charge in [-0.3, -0.25) is 4.79 Å². The summed E-state index contributed by atoms with van der Waals surface area (Å²) in [7, 11) is 0. The molecule has 0 bridgehead atoms. The van der Waals surface area contributed by atoms with Gasteiger partial charge in [0.2, 0.25) is 0 Å². The Hall–Kier alpha value is -2.70. The Balaban J connectivity index is 0.000000249. The number of H-pyrrole nitrogens is 1. The van der Waals surface area contributed by atoms with Crippen LogP contribution in [0.2, 0.25) is 0 Å². The Kier molecular flexibility index (Phi) is 3.93. The second-order valence-electron chi connectivity index (χ2n) is 2.98. The second-order valence-corrected chi connectivity index (χ2v) is 2.98. The predicted octanol–water partition coefficient (Wildman–Crippen LogP) is 0.599. The first-order chi connectivity index (χ1) is 8.04.